The molecule has 0 saturated heterocycles. The van der Waals surface area contributed by atoms with Gasteiger partial charge in [-0.1, -0.05) is 6.08 Å². The lowest BCUT2D eigenvalue weighted by atomic mass is 9.96. The number of hydrogen-bond donors (Lipinski definition) is 2. The number of aromatic amines is 1. The summed E-state index contributed by atoms with van der Waals surface area (Å²) in [6, 6.07) is 5.93. The molecule has 0 bridgehead atoms. The smallest absolute Gasteiger partial charge is 0.327 e. The molecule has 3 aromatic rings. The lowest BCUT2D eigenvalue weighted by Gasteiger charge is -2.26. The van der Waals surface area contributed by atoms with Gasteiger partial charge in [0.25, 0.3) is 0 Å². The summed E-state index contributed by atoms with van der Waals surface area (Å²) in [6.07, 6.45) is 6.71. The molecule has 4 rings (SSSR count). The van der Waals surface area contributed by atoms with Gasteiger partial charge in [-0.2, -0.15) is 0 Å². The van der Waals surface area contributed by atoms with Crippen LogP contribution in [0.25, 0.3) is 27.0 Å². The van der Waals surface area contributed by atoms with E-state index < -0.39 is 11.6 Å². The molecule has 1 aliphatic rings. The fourth-order valence-electron chi connectivity index (χ4n) is 3.33. The second-order valence-electron chi connectivity index (χ2n) is 7.71. The van der Waals surface area contributed by atoms with Crippen molar-refractivity contribution < 1.29 is 9.53 Å². The predicted octanol–water partition coefficient (Wildman–Crippen LogP) is 4.38. The fraction of sp³-hybridized carbons (Fsp3) is 0.333. The van der Waals surface area contributed by atoms with Gasteiger partial charge in [0.05, 0.1) is 0 Å². The molecular formula is C21H23N3O2S. The van der Waals surface area contributed by atoms with Gasteiger partial charge in [0, 0.05) is 46.3 Å². The highest BCUT2D eigenvalue weighted by Gasteiger charge is 2.26. The fourth-order valence-corrected chi connectivity index (χ4v) is 3.97. The van der Waals surface area contributed by atoms with Crippen LogP contribution in [0, 0.1) is 0 Å². The molecular weight excluding hydrogens is 358 g/mol. The quantitative estimate of drug-likeness (QED) is 0.661. The first kappa shape index (κ1) is 17.9. The van der Waals surface area contributed by atoms with E-state index in [4.69, 9.17) is 4.74 Å². The van der Waals surface area contributed by atoms with E-state index in [2.05, 4.69) is 33.5 Å². The molecule has 2 aromatic heterocycles. The van der Waals surface area contributed by atoms with E-state index in [0.29, 0.717) is 0 Å². The van der Waals surface area contributed by atoms with E-state index in [1.165, 1.54) is 0 Å². The van der Waals surface area contributed by atoms with Crippen molar-refractivity contribution in [1.82, 2.24) is 15.3 Å². The maximum absolute atomic E-state index is 12.5. The van der Waals surface area contributed by atoms with Crippen molar-refractivity contribution in [1.29, 1.82) is 0 Å². The van der Waals surface area contributed by atoms with Gasteiger partial charge in [0.2, 0.25) is 0 Å². The molecule has 0 saturated carbocycles. The van der Waals surface area contributed by atoms with Gasteiger partial charge in [-0.25, -0.2) is 9.78 Å². The number of aromatic nitrogens is 2. The van der Waals surface area contributed by atoms with Crippen molar-refractivity contribution in [3.05, 3.63) is 47.6 Å². The normalized spacial score (nSPS) is 17.7. The Morgan fingerprint density at radius 2 is 2.19 bits per heavy atom. The average molecular weight is 382 g/mol. The first-order chi connectivity index (χ1) is 12.9. The van der Waals surface area contributed by atoms with Gasteiger partial charge in [-0.05, 0) is 51.0 Å². The van der Waals surface area contributed by atoms with Crippen LogP contribution < -0.4 is 5.32 Å². The third-order valence-corrected chi connectivity index (χ3v) is 5.32. The molecule has 0 fully saturated rings. The number of nitrogens with one attached hydrogen (secondary N) is 2. The lowest BCUT2D eigenvalue weighted by molar-refractivity contribution is -0.156. The second kappa shape index (κ2) is 6.94. The summed E-state index contributed by atoms with van der Waals surface area (Å²) in [5.74, 6) is -0.233. The van der Waals surface area contributed by atoms with E-state index in [9.17, 15) is 4.79 Å². The van der Waals surface area contributed by atoms with Crippen LogP contribution >= 0.6 is 11.3 Å². The number of carbonyl (C=O) groups excluding carboxylic acids is 1. The van der Waals surface area contributed by atoms with Crippen molar-refractivity contribution in [2.75, 3.05) is 6.54 Å². The molecule has 0 radical (unpaired) electrons. The number of carbonyl (C=O) groups is 1. The SMILES string of the molecule is CC(C)(C)OC(=O)C1C=C(c2c[nH]c3ccc(-c4nccs4)cc23)CCN1. The van der Waals surface area contributed by atoms with E-state index in [0.717, 1.165) is 45.6 Å². The number of nitrogens with zero attached hydrogens (tertiary/aromatic N) is 1. The Hall–Kier alpha value is -2.44. The summed E-state index contributed by atoms with van der Waals surface area (Å²) in [6.45, 7) is 6.41. The first-order valence-corrected chi connectivity index (χ1v) is 9.97. The van der Waals surface area contributed by atoms with Gasteiger partial charge in [-0.15, -0.1) is 11.3 Å². The third-order valence-electron chi connectivity index (χ3n) is 4.49. The zero-order valence-electron chi connectivity index (χ0n) is 15.7. The van der Waals surface area contributed by atoms with Crippen molar-refractivity contribution >= 4 is 33.8 Å². The molecule has 5 nitrogen and oxygen atoms in total. The topological polar surface area (TPSA) is 67.0 Å². The minimum absolute atomic E-state index is 0.233. The summed E-state index contributed by atoms with van der Waals surface area (Å²) in [7, 11) is 0. The molecule has 6 heteroatoms. The summed E-state index contributed by atoms with van der Waals surface area (Å²) in [4.78, 5) is 20.2. The van der Waals surface area contributed by atoms with Gasteiger partial charge in [-0.3, -0.25) is 0 Å². The highest BCUT2D eigenvalue weighted by Crippen LogP contribution is 2.32. The van der Waals surface area contributed by atoms with Crippen molar-refractivity contribution in [2.45, 2.75) is 38.8 Å². The summed E-state index contributed by atoms with van der Waals surface area (Å²) >= 11 is 1.63. The minimum Gasteiger partial charge on any atom is -0.459 e. The van der Waals surface area contributed by atoms with Crippen LogP contribution in [-0.4, -0.2) is 34.1 Å². The zero-order valence-corrected chi connectivity index (χ0v) is 16.5. The number of thiazole rings is 1. The summed E-state index contributed by atoms with van der Waals surface area (Å²) in [5.41, 5.74) is 3.99. The maximum Gasteiger partial charge on any atom is 0.327 e. The molecule has 27 heavy (non-hydrogen) atoms. The van der Waals surface area contributed by atoms with Crippen LogP contribution in [0.1, 0.15) is 32.8 Å². The number of benzene rings is 1. The molecule has 140 valence electrons. The molecule has 3 heterocycles. The molecule has 1 aromatic carbocycles. The number of rotatable bonds is 3. The van der Waals surface area contributed by atoms with Gasteiger partial charge in [0.15, 0.2) is 0 Å². The summed E-state index contributed by atoms with van der Waals surface area (Å²) < 4.78 is 5.54. The Bertz CT molecular complexity index is 996. The van der Waals surface area contributed by atoms with Gasteiger partial charge < -0.3 is 15.0 Å². The minimum atomic E-state index is -0.492. The van der Waals surface area contributed by atoms with Gasteiger partial charge >= 0.3 is 5.97 Å². The Morgan fingerprint density at radius 3 is 2.93 bits per heavy atom. The van der Waals surface area contributed by atoms with Crippen molar-refractivity contribution in [2.24, 2.45) is 0 Å². The third kappa shape index (κ3) is 3.82. The first-order valence-electron chi connectivity index (χ1n) is 9.09. The molecule has 1 atom stereocenters. The molecule has 0 spiro atoms. The monoisotopic (exact) mass is 381 g/mol. The van der Waals surface area contributed by atoms with E-state index in [1.807, 2.05) is 44.6 Å². The van der Waals surface area contributed by atoms with Crippen LogP contribution in [0.15, 0.2) is 42.0 Å². The number of esters is 1. The number of hydrogen-bond acceptors (Lipinski definition) is 5. The molecule has 0 amide bonds. The largest absolute Gasteiger partial charge is 0.459 e. The van der Waals surface area contributed by atoms with Crippen molar-refractivity contribution in [3.63, 3.8) is 0 Å². The molecule has 2 N–H and O–H groups in total. The van der Waals surface area contributed by atoms with E-state index in [-0.39, 0.29) is 5.97 Å². The van der Waals surface area contributed by atoms with Crippen LogP contribution in [0.2, 0.25) is 0 Å². The zero-order chi connectivity index (χ0) is 19.0. The average Bonchev–Trinajstić information content (AvgIpc) is 3.29. The van der Waals surface area contributed by atoms with Crippen molar-refractivity contribution in [3.8, 4) is 10.6 Å². The molecule has 0 aliphatic carbocycles. The molecule has 1 aliphatic heterocycles. The Morgan fingerprint density at radius 1 is 1.33 bits per heavy atom. The summed E-state index contributed by atoms with van der Waals surface area (Å²) in [5, 5.41) is 7.39. The van der Waals surface area contributed by atoms with E-state index >= 15 is 0 Å². The highest BCUT2D eigenvalue weighted by molar-refractivity contribution is 7.13. The van der Waals surface area contributed by atoms with Gasteiger partial charge in [0.1, 0.15) is 16.7 Å². The van der Waals surface area contributed by atoms with E-state index in [1.54, 1.807) is 11.3 Å². The Balaban J connectivity index is 1.68. The maximum atomic E-state index is 12.5. The Labute approximate surface area is 162 Å². The molecule has 1 unspecified atom stereocenters. The number of ether oxygens (including phenoxy) is 1. The van der Waals surface area contributed by atoms with Crippen LogP contribution in [0.4, 0.5) is 0 Å². The standard InChI is InChI=1S/C21H23N3O2S/c1-21(2,3)26-20(25)18-11-13(6-7-22-18)16-12-24-17-5-4-14(10-15(16)17)19-23-8-9-27-19/h4-5,8-12,18,22,24H,6-7H2,1-3H3. The Kier molecular flexibility index (Phi) is 4.61. The predicted molar refractivity (Wildman–Crippen MR) is 110 cm³/mol. The van der Waals surface area contributed by atoms with Crippen LogP contribution in [0.5, 0.6) is 0 Å². The highest BCUT2D eigenvalue weighted by atomic mass is 32.1. The number of H-pyrrole nitrogens is 1. The lowest BCUT2D eigenvalue weighted by Crippen LogP contribution is -2.42. The second-order valence-corrected chi connectivity index (χ2v) is 8.60. The van der Waals surface area contributed by atoms with Crippen LogP contribution in [-0.2, 0) is 9.53 Å². The number of fused-ring (bicyclic) bond motifs is 1. The van der Waals surface area contributed by atoms with Crippen LogP contribution in [0.3, 0.4) is 0 Å².